The predicted molar refractivity (Wildman–Crippen MR) is 126 cm³/mol. The van der Waals surface area contributed by atoms with Crippen molar-refractivity contribution >= 4 is 52.3 Å². The van der Waals surface area contributed by atoms with Crippen LogP contribution in [0.2, 0.25) is 0 Å². The third-order valence-electron chi connectivity index (χ3n) is 4.40. The molecule has 0 bridgehead atoms. The summed E-state index contributed by atoms with van der Waals surface area (Å²) in [6.45, 7) is 2.65. The molecule has 0 unspecified atom stereocenters. The molecular formula is C23H22N2O3S2. The lowest BCUT2D eigenvalue weighted by Gasteiger charge is -2.14. The highest BCUT2D eigenvalue weighted by atomic mass is 32.2. The van der Waals surface area contributed by atoms with Gasteiger partial charge in [0.25, 0.3) is 5.91 Å². The van der Waals surface area contributed by atoms with Crippen LogP contribution in [0.5, 0.6) is 5.75 Å². The molecule has 7 heteroatoms. The molecule has 3 rings (SSSR count). The van der Waals surface area contributed by atoms with Crippen molar-refractivity contribution in [1.82, 2.24) is 10.2 Å². The van der Waals surface area contributed by atoms with E-state index >= 15 is 0 Å². The van der Waals surface area contributed by atoms with Gasteiger partial charge in [0.05, 0.1) is 12.0 Å². The SMILES string of the molecule is COc1cccc(/C=C2/SC(=S)N(CCNC(=O)/C=C/c3ccc(C)cc3)C2=O)c1. The van der Waals surface area contributed by atoms with Crippen molar-refractivity contribution in [2.75, 3.05) is 20.2 Å². The third kappa shape index (κ3) is 5.81. The average Bonchev–Trinajstić information content (AvgIpc) is 3.00. The molecule has 0 atom stereocenters. The van der Waals surface area contributed by atoms with Gasteiger partial charge in [-0.3, -0.25) is 14.5 Å². The normalized spacial score (nSPS) is 15.3. The van der Waals surface area contributed by atoms with Crippen molar-refractivity contribution in [3.8, 4) is 5.75 Å². The van der Waals surface area contributed by atoms with Gasteiger partial charge >= 0.3 is 0 Å². The molecule has 1 aliphatic heterocycles. The second kappa shape index (κ2) is 10.2. The van der Waals surface area contributed by atoms with E-state index in [0.717, 1.165) is 16.9 Å². The van der Waals surface area contributed by atoms with Gasteiger partial charge in [-0.25, -0.2) is 0 Å². The smallest absolute Gasteiger partial charge is 0.266 e. The molecule has 5 nitrogen and oxygen atoms in total. The molecule has 2 amide bonds. The Morgan fingerprint density at radius 1 is 1.20 bits per heavy atom. The van der Waals surface area contributed by atoms with E-state index in [0.29, 0.717) is 22.3 Å². The van der Waals surface area contributed by atoms with Gasteiger partial charge in [0.1, 0.15) is 10.1 Å². The minimum absolute atomic E-state index is 0.155. The standard InChI is InChI=1S/C23H22N2O3S2/c1-16-6-8-17(9-7-16)10-11-21(26)24-12-13-25-22(27)20(30-23(25)29)15-18-4-3-5-19(14-18)28-2/h3-11,14-15H,12-13H2,1-2H3,(H,24,26)/b11-10+,20-15+. The van der Waals surface area contributed by atoms with E-state index in [-0.39, 0.29) is 11.8 Å². The summed E-state index contributed by atoms with van der Waals surface area (Å²) >= 11 is 6.60. The minimum Gasteiger partial charge on any atom is -0.497 e. The lowest BCUT2D eigenvalue weighted by atomic mass is 10.1. The monoisotopic (exact) mass is 438 g/mol. The second-order valence-corrected chi connectivity index (χ2v) is 8.32. The van der Waals surface area contributed by atoms with E-state index in [9.17, 15) is 9.59 Å². The Morgan fingerprint density at radius 3 is 2.70 bits per heavy atom. The van der Waals surface area contributed by atoms with Gasteiger partial charge in [0, 0.05) is 19.2 Å². The molecule has 0 spiro atoms. The number of nitrogens with zero attached hydrogens (tertiary/aromatic N) is 1. The van der Waals surface area contributed by atoms with Crippen molar-refractivity contribution < 1.29 is 14.3 Å². The first-order valence-corrected chi connectivity index (χ1v) is 10.6. The highest BCUT2D eigenvalue weighted by Crippen LogP contribution is 2.32. The summed E-state index contributed by atoms with van der Waals surface area (Å²) in [4.78, 5) is 26.8. The molecule has 1 N–H and O–H groups in total. The van der Waals surface area contributed by atoms with E-state index in [4.69, 9.17) is 17.0 Å². The summed E-state index contributed by atoms with van der Waals surface area (Å²) in [6, 6.07) is 15.4. The molecule has 1 saturated heterocycles. The van der Waals surface area contributed by atoms with Crippen LogP contribution in [0.1, 0.15) is 16.7 Å². The number of nitrogens with one attached hydrogen (secondary N) is 1. The molecule has 1 heterocycles. The van der Waals surface area contributed by atoms with Crippen LogP contribution in [0.4, 0.5) is 0 Å². The lowest BCUT2D eigenvalue weighted by molar-refractivity contribution is -0.122. The molecule has 154 valence electrons. The molecule has 0 aliphatic carbocycles. The summed E-state index contributed by atoms with van der Waals surface area (Å²) in [6.07, 6.45) is 5.04. The minimum atomic E-state index is -0.215. The van der Waals surface area contributed by atoms with Gasteiger partial charge in [0.2, 0.25) is 5.91 Å². The number of carbonyl (C=O) groups is 2. The Morgan fingerprint density at radius 2 is 1.97 bits per heavy atom. The first-order valence-electron chi connectivity index (χ1n) is 9.38. The number of rotatable bonds is 7. The summed E-state index contributed by atoms with van der Waals surface area (Å²) in [7, 11) is 1.60. The molecule has 30 heavy (non-hydrogen) atoms. The van der Waals surface area contributed by atoms with Crippen LogP contribution in [-0.2, 0) is 9.59 Å². The van der Waals surface area contributed by atoms with Crippen LogP contribution in [0.3, 0.4) is 0 Å². The zero-order valence-corrected chi connectivity index (χ0v) is 18.4. The topological polar surface area (TPSA) is 58.6 Å². The van der Waals surface area contributed by atoms with E-state index in [2.05, 4.69) is 5.32 Å². The molecule has 1 fully saturated rings. The summed E-state index contributed by atoms with van der Waals surface area (Å²) in [5.41, 5.74) is 2.99. The number of thioether (sulfide) groups is 1. The first kappa shape index (κ1) is 21.8. The summed E-state index contributed by atoms with van der Waals surface area (Å²) in [5, 5.41) is 2.79. The van der Waals surface area contributed by atoms with E-state index in [1.165, 1.54) is 28.3 Å². The van der Waals surface area contributed by atoms with Crippen molar-refractivity contribution in [2.24, 2.45) is 0 Å². The summed E-state index contributed by atoms with van der Waals surface area (Å²) in [5.74, 6) is 0.353. The van der Waals surface area contributed by atoms with E-state index in [1.807, 2.05) is 55.5 Å². The number of carbonyl (C=O) groups excluding carboxylic acids is 2. The van der Waals surface area contributed by atoms with E-state index in [1.54, 1.807) is 19.3 Å². The van der Waals surface area contributed by atoms with Gasteiger partial charge in [0.15, 0.2) is 0 Å². The number of hydrogen-bond acceptors (Lipinski definition) is 5. The second-order valence-electron chi connectivity index (χ2n) is 6.65. The van der Waals surface area contributed by atoms with Gasteiger partial charge in [-0.1, -0.05) is 65.9 Å². The Kier molecular flexibility index (Phi) is 7.43. The fourth-order valence-corrected chi connectivity index (χ4v) is 4.08. The predicted octanol–water partition coefficient (Wildman–Crippen LogP) is 4.03. The zero-order chi connectivity index (χ0) is 21.5. The Bertz CT molecular complexity index is 1010. The average molecular weight is 439 g/mol. The fourth-order valence-electron chi connectivity index (χ4n) is 2.77. The zero-order valence-electron chi connectivity index (χ0n) is 16.8. The van der Waals surface area contributed by atoms with Gasteiger partial charge in [-0.2, -0.15) is 0 Å². The highest BCUT2D eigenvalue weighted by molar-refractivity contribution is 8.26. The van der Waals surface area contributed by atoms with Crippen molar-refractivity contribution in [1.29, 1.82) is 0 Å². The number of thiocarbonyl (C=S) groups is 1. The van der Waals surface area contributed by atoms with E-state index < -0.39 is 0 Å². The quantitative estimate of drug-likeness (QED) is 0.522. The number of ether oxygens (including phenoxy) is 1. The lowest BCUT2D eigenvalue weighted by Crippen LogP contribution is -2.36. The Labute approximate surface area is 185 Å². The Balaban J connectivity index is 1.53. The number of aryl methyl sites for hydroxylation is 1. The van der Waals surface area contributed by atoms with Crippen LogP contribution in [0, 0.1) is 6.92 Å². The molecule has 1 aliphatic rings. The maximum atomic E-state index is 12.7. The van der Waals surface area contributed by atoms with Gasteiger partial charge in [-0.15, -0.1) is 0 Å². The molecule has 0 aromatic heterocycles. The number of methoxy groups -OCH3 is 1. The van der Waals surface area contributed by atoms with Gasteiger partial charge < -0.3 is 10.1 Å². The number of benzene rings is 2. The van der Waals surface area contributed by atoms with Crippen molar-refractivity contribution in [3.05, 3.63) is 76.2 Å². The van der Waals surface area contributed by atoms with Crippen molar-refractivity contribution in [3.63, 3.8) is 0 Å². The molecule has 2 aromatic rings. The largest absolute Gasteiger partial charge is 0.497 e. The van der Waals surface area contributed by atoms with Crippen LogP contribution < -0.4 is 10.1 Å². The van der Waals surface area contributed by atoms with Crippen LogP contribution >= 0.6 is 24.0 Å². The highest BCUT2D eigenvalue weighted by Gasteiger charge is 2.31. The number of hydrogen-bond donors (Lipinski definition) is 1. The van der Waals surface area contributed by atoms with Crippen LogP contribution in [0.25, 0.3) is 12.2 Å². The van der Waals surface area contributed by atoms with Crippen LogP contribution in [-0.4, -0.2) is 41.2 Å². The molecule has 0 radical (unpaired) electrons. The fraction of sp³-hybridized carbons (Fsp3) is 0.174. The first-order chi connectivity index (χ1) is 14.5. The number of amides is 2. The maximum absolute atomic E-state index is 12.7. The van der Waals surface area contributed by atoms with Gasteiger partial charge in [-0.05, 0) is 42.3 Å². The maximum Gasteiger partial charge on any atom is 0.266 e. The molecule has 0 saturated carbocycles. The third-order valence-corrected chi connectivity index (χ3v) is 5.78. The molecular weight excluding hydrogens is 416 g/mol. The van der Waals surface area contributed by atoms with Crippen molar-refractivity contribution in [2.45, 2.75) is 6.92 Å². The summed E-state index contributed by atoms with van der Waals surface area (Å²) < 4.78 is 5.70. The van der Waals surface area contributed by atoms with Crippen LogP contribution in [0.15, 0.2) is 59.5 Å². The molecule has 2 aromatic carbocycles. The Hall–Kier alpha value is -2.90.